The molecule has 1 saturated carbocycles. The second-order valence-electron chi connectivity index (χ2n) is 7.14. The van der Waals surface area contributed by atoms with Gasteiger partial charge in [0.25, 0.3) is 5.91 Å². The molecule has 3 aliphatic rings. The highest BCUT2D eigenvalue weighted by atomic mass is 16.5. The van der Waals surface area contributed by atoms with Crippen LogP contribution in [0.1, 0.15) is 47.2 Å². The maximum atomic E-state index is 12.4. The highest BCUT2D eigenvalue weighted by molar-refractivity contribution is 5.94. The third-order valence-electron chi connectivity index (χ3n) is 5.66. The van der Waals surface area contributed by atoms with Crippen molar-refractivity contribution in [3.05, 3.63) is 34.9 Å². The first-order valence-electron chi connectivity index (χ1n) is 9.04. The summed E-state index contributed by atoms with van der Waals surface area (Å²) in [6.07, 6.45) is 7.24. The monoisotopic (exact) mass is 314 g/mol. The van der Waals surface area contributed by atoms with Crippen LogP contribution in [0, 0.1) is 0 Å². The maximum absolute atomic E-state index is 12.4. The summed E-state index contributed by atoms with van der Waals surface area (Å²) in [4.78, 5) is 15.1. The summed E-state index contributed by atoms with van der Waals surface area (Å²) < 4.78 is 5.33. The lowest BCUT2D eigenvalue weighted by atomic mass is 9.91. The van der Waals surface area contributed by atoms with Crippen LogP contribution in [0.15, 0.2) is 18.2 Å². The number of hydrogen-bond acceptors (Lipinski definition) is 3. The standard InChI is InChI=1S/C19H26N2O2/c22-19(20-17-8-11-23-13-17)16-5-4-14-6-9-21(18-2-1-3-18)10-7-15(14)12-16/h4-5,12,17-18H,1-3,6-11,13H2,(H,20,22). The average molecular weight is 314 g/mol. The van der Waals surface area contributed by atoms with Gasteiger partial charge in [0.1, 0.15) is 0 Å². The summed E-state index contributed by atoms with van der Waals surface area (Å²) in [6.45, 7) is 3.71. The second-order valence-corrected chi connectivity index (χ2v) is 7.14. The summed E-state index contributed by atoms with van der Waals surface area (Å²) in [5, 5.41) is 3.09. The molecular formula is C19H26N2O2. The Morgan fingerprint density at radius 2 is 1.96 bits per heavy atom. The van der Waals surface area contributed by atoms with Gasteiger partial charge >= 0.3 is 0 Å². The minimum absolute atomic E-state index is 0.0448. The Labute approximate surface area is 138 Å². The molecule has 0 spiro atoms. The van der Waals surface area contributed by atoms with Gasteiger partial charge in [0.2, 0.25) is 0 Å². The van der Waals surface area contributed by atoms with Gasteiger partial charge in [0.15, 0.2) is 0 Å². The third kappa shape index (κ3) is 3.29. The quantitative estimate of drug-likeness (QED) is 0.929. The molecule has 2 aliphatic heterocycles. The average Bonchev–Trinajstić information content (AvgIpc) is 2.92. The van der Waals surface area contributed by atoms with Crippen LogP contribution in [0.5, 0.6) is 0 Å². The highest BCUT2D eigenvalue weighted by Gasteiger charge is 2.26. The molecule has 4 heteroatoms. The van der Waals surface area contributed by atoms with Gasteiger partial charge < -0.3 is 10.1 Å². The SMILES string of the molecule is O=C(NC1CCOC1)c1ccc2c(c1)CCN(C1CCC1)CC2. The van der Waals surface area contributed by atoms with Crippen LogP contribution in [0.3, 0.4) is 0 Å². The molecule has 1 N–H and O–H groups in total. The first-order valence-corrected chi connectivity index (χ1v) is 9.04. The van der Waals surface area contributed by atoms with Crippen LogP contribution >= 0.6 is 0 Å². The molecule has 2 heterocycles. The number of hydrogen-bond donors (Lipinski definition) is 1. The molecule has 1 aliphatic carbocycles. The fourth-order valence-corrected chi connectivity index (χ4v) is 3.92. The Morgan fingerprint density at radius 1 is 1.13 bits per heavy atom. The van der Waals surface area contributed by atoms with E-state index in [9.17, 15) is 4.79 Å². The van der Waals surface area contributed by atoms with E-state index in [-0.39, 0.29) is 11.9 Å². The Balaban J connectivity index is 1.43. The molecule has 1 saturated heterocycles. The smallest absolute Gasteiger partial charge is 0.251 e. The number of carbonyl (C=O) groups is 1. The Bertz CT molecular complexity index is 577. The van der Waals surface area contributed by atoms with Crippen molar-refractivity contribution in [3.8, 4) is 0 Å². The van der Waals surface area contributed by atoms with Gasteiger partial charge in [-0.05, 0) is 55.4 Å². The van der Waals surface area contributed by atoms with Gasteiger partial charge in [0.05, 0.1) is 12.6 Å². The van der Waals surface area contributed by atoms with Gasteiger partial charge in [0, 0.05) is 31.3 Å². The zero-order chi connectivity index (χ0) is 15.6. The fraction of sp³-hybridized carbons (Fsp3) is 0.632. The predicted octanol–water partition coefficient (Wildman–Crippen LogP) is 2.16. The van der Waals surface area contributed by atoms with Crippen LogP contribution in [-0.4, -0.2) is 49.2 Å². The van der Waals surface area contributed by atoms with Crippen molar-refractivity contribution in [1.29, 1.82) is 0 Å². The van der Waals surface area contributed by atoms with Crippen molar-refractivity contribution in [2.24, 2.45) is 0 Å². The molecule has 1 aromatic rings. The van der Waals surface area contributed by atoms with Crippen molar-refractivity contribution in [1.82, 2.24) is 10.2 Å². The molecule has 0 bridgehead atoms. The zero-order valence-electron chi connectivity index (χ0n) is 13.7. The van der Waals surface area contributed by atoms with Gasteiger partial charge in [-0.1, -0.05) is 12.5 Å². The maximum Gasteiger partial charge on any atom is 0.251 e. The third-order valence-corrected chi connectivity index (χ3v) is 5.66. The molecule has 2 fully saturated rings. The highest BCUT2D eigenvalue weighted by Crippen LogP contribution is 2.27. The number of amides is 1. The van der Waals surface area contributed by atoms with E-state index in [1.54, 1.807) is 0 Å². The predicted molar refractivity (Wildman–Crippen MR) is 89.8 cm³/mol. The summed E-state index contributed by atoms with van der Waals surface area (Å²) in [7, 11) is 0. The summed E-state index contributed by atoms with van der Waals surface area (Å²) in [6, 6.07) is 7.26. The molecule has 23 heavy (non-hydrogen) atoms. The van der Waals surface area contributed by atoms with Gasteiger partial charge in [-0.3, -0.25) is 9.69 Å². The Kier molecular flexibility index (Phi) is 4.36. The molecule has 1 atom stereocenters. The Morgan fingerprint density at radius 3 is 2.65 bits per heavy atom. The van der Waals surface area contributed by atoms with E-state index in [4.69, 9.17) is 4.74 Å². The molecular weight excluding hydrogens is 288 g/mol. The van der Waals surface area contributed by atoms with E-state index in [2.05, 4.69) is 22.3 Å². The van der Waals surface area contributed by atoms with Crippen molar-refractivity contribution in [2.45, 2.75) is 50.6 Å². The van der Waals surface area contributed by atoms with Gasteiger partial charge in [-0.25, -0.2) is 0 Å². The number of nitrogens with one attached hydrogen (secondary N) is 1. The van der Waals surface area contributed by atoms with Crippen molar-refractivity contribution < 1.29 is 9.53 Å². The van der Waals surface area contributed by atoms with Crippen molar-refractivity contribution >= 4 is 5.91 Å². The van der Waals surface area contributed by atoms with Crippen LogP contribution in [0.2, 0.25) is 0 Å². The van der Waals surface area contributed by atoms with E-state index >= 15 is 0 Å². The fourth-order valence-electron chi connectivity index (χ4n) is 3.92. The molecule has 4 rings (SSSR count). The normalized spacial score (nSPS) is 25.5. The van der Waals surface area contributed by atoms with E-state index in [1.165, 1.54) is 36.9 Å². The lowest BCUT2D eigenvalue weighted by molar-refractivity contribution is 0.0930. The first-order chi connectivity index (χ1) is 11.3. The minimum atomic E-state index is 0.0448. The molecule has 1 aromatic carbocycles. The van der Waals surface area contributed by atoms with Crippen LogP contribution in [-0.2, 0) is 17.6 Å². The topological polar surface area (TPSA) is 41.6 Å². The van der Waals surface area contributed by atoms with E-state index < -0.39 is 0 Å². The lowest BCUT2D eigenvalue weighted by Gasteiger charge is -2.36. The van der Waals surface area contributed by atoms with Crippen molar-refractivity contribution in [2.75, 3.05) is 26.3 Å². The molecule has 0 radical (unpaired) electrons. The zero-order valence-corrected chi connectivity index (χ0v) is 13.7. The van der Waals surface area contributed by atoms with E-state index in [0.29, 0.717) is 6.61 Å². The summed E-state index contributed by atoms with van der Waals surface area (Å²) in [5.41, 5.74) is 3.59. The molecule has 4 nitrogen and oxygen atoms in total. The number of nitrogens with zero attached hydrogens (tertiary/aromatic N) is 1. The van der Waals surface area contributed by atoms with Gasteiger partial charge in [-0.15, -0.1) is 0 Å². The van der Waals surface area contributed by atoms with Crippen LogP contribution < -0.4 is 5.32 Å². The van der Waals surface area contributed by atoms with E-state index in [0.717, 1.165) is 44.0 Å². The number of rotatable bonds is 3. The van der Waals surface area contributed by atoms with Crippen molar-refractivity contribution in [3.63, 3.8) is 0 Å². The van der Waals surface area contributed by atoms with E-state index in [1.807, 2.05) is 6.07 Å². The number of benzene rings is 1. The minimum Gasteiger partial charge on any atom is -0.379 e. The Hall–Kier alpha value is -1.39. The number of ether oxygens (including phenoxy) is 1. The largest absolute Gasteiger partial charge is 0.379 e. The first kappa shape index (κ1) is 15.2. The summed E-state index contributed by atoms with van der Waals surface area (Å²) >= 11 is 0. The van der Waals surface area contributed by atoms with Crippen LogP contribution in [0.25, 0.3) is 0 Å². The van der Waals surface area contributed by atoms with Crippen LogP contribution in [0.4, 0.5) is 0 Å². The number of fused-ring (bicyclic) bond motifs is 1. The second kappa shape index (κ2) is 6.62. The molecule has 0 aromatic heterocycles. The lowest BCUT2D eigenvalue weighted by Crippen LogP contribution is -2.41. The molecule has 124 valence electrons. The molecule has 1 unspecified atom stereocenters. The number of carbonyl (C=O) groups excluding carboxylic acids is 1. The molecule has 1 amide bonds. The van der Waals surface area contributed by atoms with Gasteiger partial charge in [-0.2, -0.15) is 0 Å². The summed E-state index contributed by atoms with van der Waals surface area (Å²) in [5.74, 6) is 0.0448.